The quantitative estimate of drug-likeness (QED) is 0.380. The highest BCUT2D eigenvalue weighted by Gasteiger charge is 2.21. The molecule has 1 rings (SSSR count). The third-order valence-corrected chi connectivity index (χ3v) is 3.30. The molecule has 1 aromatic carbocycles. The molecule has 0 fully saturated rings. The number of carbonyl (C=O) groups excluding carboxylic acids is 1. The average Bonchev–Trinajstić information content (AvgIpc) is 2.48. The first-order chi connectivity index (χ1) is 10.5. The van der Waals surface area contributed by atoms with Crippen LogP contribution in [0.15, 0.2) is 18.2 Å². The van der Waals surface area contributed by atoms with E-state index < -0.39 is 11.3 Å². The molecule has 4 nitrogen and oxygen atoms in total. The van der Waals surface area contributed by atoms with Gasteiger partial charge in [-0.05, 0) is 44.9 Å². The van der Waals surface area contributed by atoms with E-state index in [0.717, 1.165) is 12.8 Å². The maximum atomic E-state index is 11.9. The smallest absolute Gasteiger partial charge is 0.328 e. The first-order valence-electron chi connectivity index (χ1n) is 7.73. The van der Waals surface area contributed by atoms with Crippen LogP contribution in [0.2, 0.25) is 0 Å². The van der Waals surface area contributed by atoms with Gasteiger partial charge in [-0.2, -0.15) is 0 Å². The molecule has 0 bridgehead atoms. The minimum absolute atomic E-state index is 0.0378. The Bertz CT molecular complexity index is 474. The number of hydrogen-bond donors (Lipinski definition) is 0. The van der Waals surface area contributed by atoms with Crippen molar-refractivity contribution in [1.29, 1.82) is 0 Å². The number of ether oxygens (including phenoxy) is 3. The van der Waals surface area contributed by atoms with Crippen LogP contribution in [0.4, 0.5) is 0 Å². The highest BCUT2D eigenvalue weighted by molar-refractivity contribution is 6.30. The first kappa shape index (κ1) is 18.6. The zero-order valence-corrected chi connectivity index (χ0v) is 14.5. The van der Waals surface area contributed by atoms with E-state index in [1.54, 1.807) is 18.2 Å². The molecule has 0 saturated carbocycles. The summed E-state index contributed by atoms with van der Waals surface area (Å²) in [5.41, 5.74) is 0.641. The van der Waals surface area contributed by atoms with Crippen molar-refractivity contribution >= 4 is 17.6 Å². The fraction of sp³-hybridized carbons (Fsp3) is 0.588. The molecule has 124 valence electrons. The molecule has 0 heterocycles. The van der Waals surface area contributed by atoms with E-state index in [4.69, 9.17) is 25.8 Å². The number of alkyl halides is 1. The molecule has 5 heteroatoms. The standard InChI is InChI=1S/C17H25ClO4/c1-5-7-10-21-17(19)16(18)13-8-9-14(22-12(3)4)15(11-13)20-6-2/h8-9,11-12,16H,5-7,10H2,1-4H3. The molecule has 1 aromatic rings. The van der Waals surface area contributed by atoms with Gasteiger partial charge in [-0.25, -0.2) is 0 Å². The van der Waals surface area contributed by atoms with Crippen LogP contribution < -0.4 is 9.47 Å². The van der Waals surface area contributed by atoms with E-state index in [0.29, 0.717) is 30.3 Å². The molecule has 0 amide bonds. The lowest BCUT2D eigenvalue weighted by atomic mass is 10.1. The van der Waals surface area contributed by atoms with Crippen LogP contribution in [0.1, 0.15) is 51.5 Å². The van der Waals surface area contributed by atoms with E-state index >= 15 is 0 Å². The van der Waals surface area contributed by atoms with Crippen LogP contribution in [0.25, 0.3) is 0 Å². The maximum absolute atomic E-state index is 11.9. The number of esters is 1. The molecule has 1 unspecified atom stereocenters. The summed E-state index contributed by atoms with van der Waals surface area (Å²) in [5.74, 6) is 0.791. The second-order valence-corrected chi connectivity index (χ2v) is 5.63. The number of hydrogen-bond acceptors (Lipinski definition) is 4. The Morgan fingerprint density at radius 3 is 2.55 bits per heavy atom. The van der Waals surface area contributed by atoms with Gasteiger partial charge in [0.2, 0.25) is 0 Å². The van der Waals surface area contributed by atoms with Crippen LogP contribution in [0.5, 0.6) is 11.5 Å². The molecule has 0 aliphatic rings. The van der Waals surface area contributed by atoms with Gasteiger partial charge in [-0.15, -0.1) is 11.6 Å². The van der Waals surface area contributed by atoms with Crippen molar-refractivity contribution in [3.05, 3.63) is 23.8 Å². The predicted molar refractivity (Wildman–Crippen MR) is 87.8 cm³/mol. The monoisotopic (exact) mass is 328 g/mol. The van der Waals surface area contributed by atoms with Crippen LogP contribution >= 0.6 is 11.6 Å². The Morgan fingerprint density at radius 2 is 1.95 bits per heavy atom. The molecule has 0 aliphatic carbocycles. The minimum Gasteiger partial charge on any atom is -0.490 e. The van der Waals surface area contributed by atoms with Crippen molar-refractivity contribution in [2.75, 3.05) is 13.2 Å². The summed E-state index contributed by atoms with van der Waals surface area (Å²) in [6.45, 7) is 8.71. The molecule has 22 heavy (non-hydrogen) atoms. The molecule has 1 atom stereocenters. The average molecular weight is 329 g/mol. The lowest BCUT2D eigenvalue weighted by molar-refractivity contribution is -0.143. The van der Waals surface area contributed by atoms with Gasteiger partial charge in [0.25, 0.3) is 0 Å². The summed E-state index contributed by atoms with van der Waals surface area (Å²) in [7, 11) is 0. The Kier molecular flexibility index (Phi) is 8.10. The summed E-state index contributed by atoms with van der Waals surface area (Å²) < 4.78 is 16.4. The van der Waals surface area contributed by atoms with Crippen LogP contribution in [-0.2, 0) is 9.53 Å². The van der Waals surface area contributed by atoms with Crippen LogP contribution in [0, 0.1) is 0 Å². The van der Waals surface area contributed by atoms with Crippen molar-refractivity contribution < 1.29 is 19.0 Å². The predicted octanol–water partition coefficient (Wildman–Crippen LogP) is 4.50. The van der Waals surface area contributed by atoms with Crippen molar-refractivity contribution in [3.8, 4) is 11.5 Å². The van der Waals surface area contributed by atoms with E-state index in [1.807, 2.05) is 27.7 Å². The summed E-state index contributed by atoms with van der Waals surface area (Å²) in [6.07, 6.45) is 1.84. The summed E-state index contributed by atoms with van der Waals surface area (Å²) in [4.78, 5) is 11.9. The van der Waals surface area contributed by atoms with Gasteiger partial charge in [0, 0.05) is 0 Å². The van der Waals surface area contributed by atoms with Crippen molar-refractivity contribution in [2.45, 2.75) is 52.0 Å². The number of rotatable bonds is 9. The van der Waals surface area contributed by atoms with Crippen molar-refractivity contribution in [2.24, 2.45) is 0 Å². The van der Waals surface area contributed by atoms with Gasteiger partial charge in [0.15, 0.2) is 16.9 Å². The van der Waals surface area contributed by atoms with Crippen molar-refractivity contribution in [3.63, 3.8) is 0 Å². The van der Waals surface area contributed by atoms with E-state index in [2.05, 4.69) is 0 Å². The Labute approximate surface area is 137 Å². The molecule has 0 aliphatic heterocycles. The SMILES string of the molecule is CCCCOC(=O)C(Cl)c1ccc(OC(C)C)c(OCC)c1. The molecule has 0 saturated heterocycles. The van der Waals surface area contributed by atoms with Crippen LogP contribution in [-0.4, -0.2) is 25.3 Å². The van der Waals surface area contributed by atoms with Gasteiger partial charge in [0.05, 0.1) is 19.3 Å². The number of unbranched alkanes of at least 4 members (excludes halogenated alkanes) is 1. The molecule has 0 spiro atoms. The second-order valence-electron chi connectivity index (χ2n) is 5.19. The summed E-state index contributed by atoms with van der Waals surface area (Å²) >= 11 is 6.19. The van der Waals surface area contributed by atoms with E-state index in [-0.39, 0.29) is 6.10 Å². The van der Waals surface area contributed by atoms with E-state index in [1.165, 1.54) is 0 Å². The maximum Gasteiger partial charge on any atom is 0.328 e. The molecular formula is C17H25ClO4. The van der Waals surface area contributed by atoms with E-state index in [9.17, 15) is 4.79 Å². The van der Waals surface area contributed by atoms with Gasteiger partial charge in [-0.3, -0.25) is 4.79 Å². The normalized spacial score (nSPS) is 12.1. The molecule has 0 aromatic heterocycles. The fourth-order valence-corrected chi connectivity index (χ4v) is 2.03. The van der Waals surface area contributed by atoms with Gasteiger partial charge in [0.1, 0.15) is 0 Å². The number of benzene rings is 1. The molecular weight excluding hydrogens is 304 g/mol. The van der Waals surface area contributed by atoms with Crippen LogP contribution in [0.3, 0.4) is 0 Å². The van der Waals surface area contributed by atoms with Gasteiger partial charge < -0.3 is 14.2 Å². The lowest BCUT2D eigenvalue weighted by Crippen LogP contribution is -2.13. The molecule has 0 radical (unpaired) electrons. The van der Waals surface area contributed by atoms with Gasteiger partial charge >= 0.3 is 5.97 Å². The third kappa shape index (κ3) is 5.76. The largest absolute Gasteiger partial charge is 0.490 e. The number of carbonyl (C=O) groups is 1. The molecule has 0 N–H and O–H groups in total. The summed E-state index contributed by atoms with van der Waals surface area (Å²) in [6, 6.07) is 5.27. The second kappa shape index (κ2) is 9.57. The fourth-order valence-electron chi connectivity index (χ4n) is 1.83. The van der Waals surface area contributed by atoms with Crippen molar-refractivity contribution in [1.82, 2.24) is 0 Å². The third-order valence-electron chi connectivity index (χ3n) is 2.87. The zero-order valence-electron chi connectivity index (χ0n) is 13.7. The topological polar surface area (TPSA) is 44.8 Å². The first-order valence-corrected chi connectivity index (χ1v) is 8.17. The Morgan fingerprint density at radius 1 is 1.23 bits per heavy atom. The number of halogens is 1. The Balaban J connectivity index is 2.85. The Hall–Kier alpha value is -1.42. The lowest BCUT2D eigenvalue weighted by Gasteiger charge is -2.17. The highest BCUT2D eigenvalue weighted by Crippen LogP contribution is 2.33. The zero-order chi connectivity index (χ0) is 16.5. The minimum atomic E-state index is -0.843. The van der Waals surface area contributed by atoms with Gasteiger partial charge in [-0.1, -0.05) is 19.4 Å². The highest BCUT2D eigenvalue weighted by atomic mass is 35.5. The summed E-state index contributed by atoms with van der Waals surface area (Å²) in [5, 5.41) is -0.843.